The van der Waals surface area contributed by atoms with Crippen molar-refractivity contribution in [3.8, 4) is 5.75 Å². The van der Waals surface area contributed by atoms with Crippen LogP contribution in [0.1, 0.15) is 25.0 Å². The first kappa shape index (κ1) is 11.8. The van der Waals surface area contributed by atoms with E-state index in [0.29, 0.717) is 0 Å². The summed E-state index contributed by atoms with van der Waals surface area (Å²) in [6.45, 7) is 5.76. The van der Waals surface area contributed by atoms with Gasteiger partial charge in [-0.1, -0.05) is 17.7 Å². The molecule has 1 aromatic rings. The van der Waals surface area contributed by atoms with Crippen molar-refractivity contribution in [1.82, 2.24) is 0 Å². The van der Waals surface area contributed by atoms with Crippen LogP contribution in [0.2, 0.25) is 0 Å². The van der Waals surface area contributed by atoms with Crippen LogP contribution in [0.25, 0.3) is 5.57 Å². The Morgan fingerprint density at radius 2 is 2.13 bits per heavy atom. The molecule has 1 unspecified atom stereocenters. The summed E-state index contributed by atoms with van der Waals surface area (Å²) in [7, 11) is 1.66. The normalized spacial score (nSPS) is 13.8. The van der Waals surface area contributed by atoms with Gasteiger partial charge in [-0.2, -0.15) is 0 Å². The zero-order chi connectivity index (χ0) is 11.4. The molecule has 1 atom stereocenters. The molecule has 0 aliphatic carbocycles. The van der Waals surface area contributed by atoms with Crippen molar-refractivity contribution < 1.29 is 9.84 Å². The van der Waals surface area contributed by atoms with Crippen molar-refractivity contribution >= 4 is 5.57 Å². The van der Waals surface area contributed by atoms with E-state index in [-0.39, 0.29) is 0 Å². The predicted octanol–water partition coefficient (Wildman–Crippen LogP) is 2.79. The van der Waals surface area contributed by atoms with Gasteiger partial charge < -0.3 is 9.84 Å². The van der Waals surface area contributed by atoms with E-state index in [2.05, 4.69) is 6.07 Å². The first-order valence-corrected chi connectivity index (χ1v) is 5.06. The molecule has 0 fully saturated rings. The Balaban J connectivity index is 3.16. The van der Waals surface area contributed by atoms with Crippen LogP contribution in [-0.2, 0) is 0 Å². The molecule has 0 amide bonds. The average Bonchev–Trinajstić information content (AvgIpc) is 2.16. The van der Waals surface area contributed by atoms with Gasteiger partial charge in [-0.3, -0.25) is 0 Å². The molecule has 0 saturated carbocycles. The fourth-order valence-electron chi connectivity index (χ4n) is 1.58. The largest absolute Gasteiger partial charge is 0.496 e. The Hall–Kier alpha value is -1.28. The summed E-state index contributed by atoms with van der Waals surface area (Å²) < 4.78 is 5.28. The molecule has 2 nitrogen and oxygen atoms in total. The summed E-state index contributed by atoms with van der Waals surface area (Å²) in [4.78, 5) is 0. The zero-order valence-corrected chi connectivity index (χ0v) is 9.74. The maximum atomic E-state index is 9.30. The van der Waals surface area contributed by atoms with Gasteiger partial charge in [-0.25, -0.2) is 0 Å². The third kappa shape index (κ3) is 3.10. The minimum absolute atomic E-state index is 0.435. The van der Waals surface area contributed by atoms with E-state index in [4.69, 9.17) is 4.74 Å². The number of methoxy groups -OCH3 is 1. The summed E-state index contributed by atoms with van der Waals surface area (Å²) in [5, 5.41) is 9.30. The van der Waals surface area contributed by atoms with E-state index in [9.17, 15) is 5.11 Å². The number of rotatable bonds is 3. The molecule has 0 saturated heterocycles. The number of ether oxygens (including phenoxy) is 1. The SMILES string of the molecule is COc1ccc(C)cc1/C(C)=C/C(C)O. The molecule has 1 aromatic carbocycles. The number of aryl methyl sites for hydroxylation is 1. The number of allylic oxidation sites excluding steroid dienone is 1. The Kier molecular flexibility index (Phi) is 3.92. The van der Waals surface area contributed by atoms with Gasteiger partial charge in [0.1, 0.15) is 5.75 Å². The summed E-state index contributed by atoms with van der Waals surface area (Å²) in [5.74, 6) is 0.843. The molecule has 0 heterocycles. The summed E-state index contributed by atoms with van der Waals surface area (Å²) >= 11 is 0. The molecular weight excluding hydrogens is 188 g/mol. The molecule has 1 N–H and O–H groups in total. The standard InChI is InChI=1S/C13H18O2/c1-9-5-6-13(15-4)12(7-9)10(2)8-11(3)14/h5-8,11,14H,1-4H3/b10-8+. The van der Waals surface area contributed by atoms with Crippen LogP contribution in [0.5, 0.6) is 5.75 Å². The monoisotopic (exact) mass is 206 g/mol. The lowest BCUT2D eigenvalue weighted by Crippen LogP contribution is -1.96. The lowest BCUT2D eigenvalue weighted by atomic mass is 10.0. The van der Waals surface area contributed by atoms with Gasteiger partial charge in [0.2, 0.25) is 0 Å². The van der Waals surface area contributed by atoms with E-state index >= 15 is 0 Å². The minimum atomic E-state index is -0.435. The molecule has 15 heavy (non-hydrogen) atoms. The van der Waals surface area contributed by atoms with Gasteiger partial charge in [0, 0.05) is 5.56 Å². The lowest BCUT2D eigenvalue weighted by Gasteiger charge is -2.10. The van der Waals surface area contributed by atoms with Crippen molar-refractivity contribution in [1.29, 1.82) is 0 Å². The fraction of sp³-hybridized carbons (Fsp3) is 0.385. The van der Waals surface area contributed by atoms with Gasteiger partial charge in [0.15, 0.2) is 0 Å². The Bertz CT molecular complexity index is 365. The predicted molar refractivity (Wildman–Crippen MR) is 63.1 cm³/mol. The smallest absolute Gasteiger partial charge is 0.126 e. The van der Waals surface area contributed by atoms with Crippen LogP contribution in [-0.4, -0.2) is 18.3 Å². The van der Waals surface area contributed by atoms with Crippen LogP contribution in [0.15, 0.2) is 24.3 Å². The Labute approximate surface area is 91.2 Å². The maximum Gasteiger partial charge on any atom is 0.126 e. The van der Waals surface area contributed by atoms with Crippen molar-refractivity contribution in [2.24, 2.45) is 0 Å². The van der Waals surface area contributed by atoms with Crippen LogP contribution in [0.4, 0.5) is 0 Å². The maximum absolute atomic E-state index is 9.30. The number of aliphatic hydroxyl groups is 1. The van der Waals surface area contributed by atoms with Crippen LogP contribution in [0, 0.1) is 6.92 Å². The lowest BCUT2D eigenvalue weighted by molar-refractivity contribution is 0.244. The average molecular weight is 206 g/mol. The molecule has 0 aromatic heterocycles. The highest BCUT2D eigenvalue weighted by atomic mass is 16.5. The third-order valence-electron chi connectivity index (χ3n) is 2.27. The van der Waals surface area contributed by atoms with Crippen LogP contribution < -0.4 is 4.74 Å². The van der Waals surface area contributed by atoms with Crippen molar-refractivity contribution in [3.63, 3.8) is 0 Å². The molecular formula is C13H18O2. The highest BCUT2D eigenvalue weighted by Crippen LogP contribution is 2.26. The summed E-state index contributed by atoms with van der Waals surface area (Å²) in [5.41, 5.74) is 3.26. The van der Waals surface area contributed by atoms with E-state index < -0.39 is 6.10 Å². The summed E-state index contributed by atoms with van der Waals surface area (Å²) in [6, 6.07) is 6.02. The molecule has 1 rings (SSSR count). The zero-order valence-electron chi connectivity index (χ0n) is 9.74. The first-order valence-electron chi connectivity index (χ1n) is 5.06. The molecule has 0 bridgehead atoms. The van der Waals surface area contributed by atoms with Crippen molar-refractivity contribution in [2.45, 2.75) is 26.9 Å². The van der Waals surface area contributed by atoms with E-state index in [1.807, 2.05) is 32.1 Å². The Morgan fingerprint density at radius 1 is 1.47 bits per heavy atom. The van der Waals surface area contributed by atoms with Crippen LogP contribution >= 0.6 is 0 Å². The van der Waals surface area contributed by atoms with Gasteiger partial charge in [0.25, 0.3) is 0 Å². The number of hydrogen-bond donors (Lipinski definition) is 1. The fourth-order valence-corrected chi connectivity index (χ4v) is 1.58. The van der Waals surface area contributed by atoms with Gasteiger partial charge in [-0.05, 0) is 38.5 Å². The molecule has 0 aliphatic heterocycles. The van der Waals surface area contributed by atoms with Crippen molar-refractivity contribution in [3.05, 3.63) is 35.4 Å². The molecule has 0 radical (unpaired) electrons. The van der Waals surface area contributed by atoms with Gasteiger partial charge in [-0.15, -0.1) is 0 Å². The number of aliphatic hydroxyl groups excluding tert-OH is 1. The first-order chi connectivity index (χ1) is 7.04. The minimum Gasteiger partial charge on any atom is -0.496 e. The second-order valence-electron chi connectivity index (χ2n) is 3.79. The topological polar surface area (TPSA) is 29.5 Å². The van der Waals surface area contributed by atoms with Gasteiger partial charge >= 0.3 is 0 Å². The van der Waals surface area contributed by atoms with E-state index in [0.717, 1.165) is 16.9 Å². The van der Waals surface area contributed by atoms with Crippen molar-refractivity contribution in [2.75, 3.05) is 7.11 Å². The van der Waals surface area contributed by atoms with E-state index in [1.165, 1.54) is 5.56 Å². The molecule has 2 heteroatoms. The third-order valence-corrected chi connectivity index (χ3v) is 2.27. The second kappa shape index (κ2) is 4.99. The van der Waals surface area contributed by atoms with Crippen LogP contribution in [0.3, 0.4) is 0 Å². The number of benzene rings is 1. The summed E-state index contributed by atoms with van der Waals surface area (Å²) in [6.07, 6.45) is 1.38. The van der Waals surface area contributed by atoms with E-state index in [1.54, 1.807) is 14.0 Å². The molecule has 0 aliphatic rings. The molecule has 0 spiro atoms. The second-order valence-corrected chi connectivity index (χ2v) is 3.79. The Morgan fingerprint density at radius 3 is 2.67 bits per heavy atom. The number of hydrogen-bond acceptors (Lipinski definition) is 2. The highest BCUT2D eigenvalue weighted by molar-refractivity contribution is 5.69. The highest BCUT2D eigenvalue weighted by Gasteiger charge is 2.05. The quantitative estimate of drug-likeness (QED) is 0.824. The van der Waals surface area contributed by atoms with Gasteiger partial charge in [0.05, 0.1) is 13.2 Å². The molecule has 82 valence electrons.